The minimum absolute atomic E-state index is 0.190. The highest BCUT2D eigenvalue weighted by atomic mass is 32.2. The molecule has 0 unspecified atom stereocenters. The highest BCUT2D eigenvalue weighted by Gasteiger charge is 2.41. The number of aromatic nitrogens is 2. The van der Waals surface area contributed by atoms with Gasteiger partial charge in [-0.2, -0.15) is 5.10 Å². The number of rotatable bonds is 2. The summed E-state index contributed by atoms with van der Waals surface area (Å²) >= 11 is 0. The minimum atomic E-state index is -3.54. The van der Waals surface area contributed by atoms with Crippen LogP contribution in [0.4, 0.5) is 0 Å². The quantitative estimate of drug-likeness (QED) is 0.857. The summed E-state index contributed by atoms with van der Waals surface area (Å²) in [6, 6.07) is 6.53. The fourth-order valence-electron chi connectivity index (χ4n) is 3.22. The van der Waals surface area contributed by atoms with Gasteiger partial charge in [0.25, 0.3) is 0 Å². The van der Waals surface area contributed by atoms with E-state index in [4.69, 9.17) is 4.74 Å². The summed E-state index contributed by atoms with van der Waals surface area (Å²) in [7, 11) is -1.66. The molecule has 0 bridgehead atoms. The normalized spacial score (nSPS) is 26.1. The van der Waals surface area contributed by atoms with Gasteiger partial charge in [-0.15, -0.1) is 0 Å². The average molecular weight is 334 g/mol. The smallest absolute Gasteiger partial charge is 0.244 e. The summed E-state index contributed by atoms with van der Waals surface area (Å²) < 4.78 is 35.5. The van der Waals surface area contributed by atoms with E-state index in [-0.39, 0.29) is 17.0 Å². The van der Waals surface area contributed by atoms with E-state index < -0.39 is 10.0 Å². The van der Waals surface area contributed by atoms with Crippen molar-refractivity contribution in [1.29, 1.82) is 0 Å². The second-order valence-electron chi connectivity index (χ2n) is 6.05. The largest absolute Gasteiger partial charge is 0.486 e. The molecular formula is C15H18N4O3S. The lowest BCUT2D eigenvalue weighted by Gasteiger charge is -2.16. The predicted octanol–water partition coefficient (Wildman–Crippen LogP) is 0.344. The van der Waals surface area contributed by atoms with Crippen LogP contribution in [0.2, 0.25) is 0 Å². The Morgan fingerprint density at radius 2 is 2.17 bits per heavy atom. The zero-order valence-electron chi connectivity index (χ0n) is 12.7. The maximum atomic E-state index is 12.5. The Labute approximate surface area is 134 Å². The van der Waals surface area contributed by atoms with Gasteiger partial charge in [0.05, 0.1) is 12.2 Å². The minimum Gasteiger partial charge on any atom is -0.486 e. The van der Waals surface area contributed by atoms with E-state index in [0.29, 0.717) is 18.8 Å². The van der Waals surface area contributed by atoms with Crippen LogP contribution in [0.3, 0.4) is 0 Å². The van der Waals surface area contributed by atoms with Gasteiger partial charge >= 0.3 is 0 Å². The number of ether oxygens (including phenoxy) is 1. The Balaban J connectivity index is 1.57. The van der Waals surface area contributed by atoms with Gasteiger partial charge < -0.3 is 4.74 Å². The number of benzene rings is 1. The molecule has 2 atom stereocenters. The summed E-state index contributed by atoms with van der Waals surface area (Å²) in [4.78, 5) is 2.40. The molecule has 0 aliphatic carbocycles. The maximum absolute atomic E-state index is 12.5. The van der Waals surface area contributed by atoms with Gasteiger partial charge in [-0.25, -0.2) is 13.1 Å². The van der Waals surface area contributed by atoms with Gasteiger partial charge in [0.15, 0.2) is 0 Å². The van der Waals surface area contributed by atoms with Crippen LogP contribution in [-0.2, 0) is 23.6 Å². The third kappa shape index (κ3) is 2.73. The van der Waals surface area contributed by atoms with Crippen molar-refractivity contribution in [1.82, 2.24) is 19.4 Å². The number of nitrogens with zero attached hydrogens (tertiary/aromatic N) is 3. The number of para-hydroxylation sites is 1. The molecule has 0 saturated carbocycles. The van der Waals surface area contributed by atoms with Crippen molar-refractivity contribution in [2.75, 3.05) is 13.1 Å². The van der Waals surface area contributed by atoms with Crippen molar-refractivity contribution < 1.29 is 13.2 Å². The molecular weight excluding hydrogens is 316 g/mol. The summed E-state index contributed by atoms with van der Waals surface area (Å²) in [5.41, 5.74) is 1.10. The van der Waals surface area contributed by atoms with Gasteiger partial charge in [0.1, 0.15) is 16.7 Å². The van der Waals surface area contributed by atoms with Crippen molar-refractivity contribution in [3.05, 3.63) is 42.2 Å². The maximum Gasteiger partial charge on any atom is 0.244 e. The first kappa shape index (κ1) is 14.7. The summed E-state index contributed by atoms with van der Waals surface area (Å²) in [5, 5.41) is 4.16. The van der Waals surface area contributed by atoms with Crippen LogP contribution < -0.4 is 9.46 Å². The first-order valence-electron chi connectivity index (χ1n) is 7.49. The highest BCUT2D eigenvalue weighted by Crippen LogP contribution is 2.30. The second kappa shape index (κ2) is 5.33. The molecule has 1 aromatic carbocycles. The van der Waals surface area contributed by atoms with Crippen LogP contribution in [0.1, 0.15) is 5.56 Å². The Bertz CT molecular complexity index is 833. The number of hydrogen-bond donors (Lipinski definition) is 1. The van der Waals surface area contributed by atoms with Crippen LogP contribution in [0.5, 0.6) is 5.75 Å². The molecule has 0 spiro atoms. The first-order chi connectivity index (χ1) is 11.0. The molecule has 8 heteroatoms. The SMILES string of the molecule is Cn1cc(CN2C[C@@H]3Oc4ccccc4S(=O)(=O)N[C@@H]3C2)cn1. The number of nitrogens with one attached hydrogen (secondary N) is 1. The topological polar surface area (TPSA) is 76.5 Å². The lowest BCUT2D eigenvalue weighted by molar-refractivity contribution is 0.184. The molecule has 3 heterocycles. The van der Waals surface area contributed by atoms with E-state index in [1.54, 1.807) is 28.9 Å². The van der Waals surface area contributed by atoms with Crippen molar-refractivity contribution in [3.63, 3.8) is 0 Å². The Morgan fingerprint density at radius 3 is 2.96 bits per heavy atom. The van der Waals surface area contributed by atoms with Gasteiger partial charge in [-0.1, -0.05) is 12.1 Å². The lowest BCUT2D eigenvalue weighted by atomic mass is 10.2. The third-order valence-electron chi connectivity index (χ3n) is 4.23. The van der Waals surface area contributed by atoms with Gasteiger partial charge in [-0.3, -0.25) is 9.58 Å². The molecule has 7 nitrogen and oxygen atoms in total. The van der Waals surface area contributed by atoms with Crippen molar-refractivity contribution in [2.45, 2.75) is 23.6 Å². The van der Waals surface area contributed by atoms with E-state index in [1.807, 2.05) is 19.4 Å². The summed E-state index contributed by atoms with van der Waals surface area (Å²) in [6.07, 6.45) is 3.60. The fraction of sp³-hybridized carbons (Fsp3) is 0.400. The third-order valence-corrected chi connectivity index (χ3v) is 5.76. The highest BCUT2D eigenvalue weighted by molar-refractivity contribution is 7.89. The fourth-order valence-corrected chi connectivity index (χ4v) is 4.61. The molecule has 122 valence electrons. The van der Waals surface area contributed by atoms with Gasteiger partial charge in [0, 0.05) is 38.4 Å². The molecule has 1 saturated heterocycles. The molecule has 2 aromatic rings. The molecule has 0 radical (unpaired) electrons. The molecule has 23 heavy (non-hydrogen) atoms. The van der Waals surface area contributed by atoms with E-state index >= 15 is 0 Å². The van der Waals surface area contributed by atoms with E-state index in [1.165, 1.54) is 0 Å². The Morgan fingerprint density at radius 1 is 1.35 bits per heavy atom. The number of sulfonamides is 1. The standard InChI is InChI=1S/C15H18N4O3S/c1-18-7-11(6-16-18)8-19-9-12-14(10-19)22-13-4-2-3-5-15(13)23(20,21)17-12/h2-7,12,14,17H,8-10H2,1H3/t12-,14+/m1/s1. The first-order valence-corrected chi connectivity index (χ1v) is 8.97. The molecule has 2 aliphatic rings. The Hall–Kier alpha value is -1.90. The van der Waals surface area contributed by atoms with E-state index in [2.05, 4.69) is 14.7 Å². The van der Waals surface area contributed by atoms with Crippen LogP contribution in [-0.4, -0.2) is 48.3 Å². The van der Waals surface area contributed by atoms with E-state index in [0.717, 1.165) is 12.1 Å². The zero-order chi connectivity index (χ0) is 16.0. The second-order valence-corrected chi connectivity index (χ2v) is 7.73. The van der Waals surface area contributed by atoms with Crippen LogP contribution in [0, 0.1) is 0 Å². The molecule has 1 N–H and O–H groups in total. The van der Waals surface area contributed by atoms with Crippen LogP contribution >= 0.6 is 0 Å². The molecule has 4 rings (SSSR count). The lowest BCUT2D eigenvalue weighted by Crippen LogP contribution is -2.42. The van der Waals surface area contributed by atoms with Crippen molar-refractivity contribution in [3.8, 4) is 5.75 Å². The van der Waals surface area contributed by atoms with E-state index in [9.17, 15) is 8.42 Å². The predicted molar refractivity (Wildman–Crippen MR) is 83.5 cm³/mol. The number of fused-ring (bicyclic) bond motifs is 2. The molecule has 2 aliphatic heterocycles. The summed E-state index contributed by atoms with van der Waals surface area (Å²) in [5.74, 6) is 0.427. The van der Waals surface area contributed by atoms with Crippen LogP contribution in [0.15, 0.2) is 41.6 Å². The van der Waals surface area contributed by atoms with Gasteiger partial charge in [-0.05, 0) is 12.1 Å². The number of aryl methyl sites for hydroxylation is 1. The monoisotopic (exact) mass is 334 g/mol. The number of likely N-dealkylation sites (tertiary alicyclic amines) is 1. The number of hydrogen-bond acceptors (Lipinski definition) is 5. The van der Waals surface area contributed by atoms with Gasteiger partial charge in [0.2, 0.25) is 10.0 Å². The van der Waals surface area contributed by atoms with Crippen molar-refractivity contribution >= 4 is 10.0 Å². The average Bonchev–Trinajstić information content (AvgIpc) is 3.03. The zero-order valence-corrected chi connectivity index (χ0v) is 13.5. The van der Waals surface area contributed by atoms with Crippen LogP contribution in [0.25, 0.3) is 0 Å². The summed E-state index contributed by atoms with van der Waals surface area (Å²) in [6.45, 7) is 2.02. The van der Waals surface area contributed by atoms with Crippen molar-refractivity contribution in [2.24, 2.45) is 7.05 Å². The molecule has 1 fully saturated rings. The molecule has 1 aromatic heterocycles. The Kier molecular flexibility index (Phi) is 3.40. The molecule has 0 amide bonds.